The second kappa shape index (κ2) is 5.12. The molecule has 0 amide bonds. The Labute approximate surface area is 111 Å². The number of aromatic nitrogens is 2. The lowest BCUT2D eigenvalue weighted by atomic mass is 10.1. The number of anilines is 1. The van der Waals surface area contributed by atoms with Gasteiger partial charge in [0.05, 0.1) is 6.33 Å². The molecule has 0 aliphatic heterocycles. The van der Waals surface area contributed by atoms with E-state index in [1.54, 1.807) is 11.3 Å². The van der Waals surface area contributed by atoms with Crippen LogP contribution >= 0.6 is 11.3 Å². The number of nitrogens with one attached hydrogen (secondary N) is 1. The summed E-state index contributed by atoms with van der Waals surface area (Å²) in [6, 6.07) is 3.04. The Morgan fingerprint density at radius 2 is 2.44 bits per heavy atom. The van der Waals surface area contributed by atoms with E-state index >= 15 is 0 Å². The molecule has 18 heavy (non-hydrogen) atoms. The molecule has 2 atom stereocenters. The monoisotopic (exact) mass is 262 g/mol. The number of rotatable bonds is 4. The lowest BCUT2D eigenvalue weighted by Crippen LogP contribution is -2.33. The van der Waals surface area contributed by atoms with Gasteiger partial charge in [-0.1, -0.05) is 0 Å². The van der Waals surface area contributed by atoms with Gasteiger partial charge in [0.2, 0.25) is 0 Å². The zero-order valence-electron chi connectivity index (χ0n) is 10.2. The molecule has 1 fully saturated rings. The largest absolute Gasteiger partial charge is 0.398 e. The highest BCUT2D eigenvalue weighted by Gasteiger charge is 2.27. The predicted octanol–water partition coefficient (Wildman–Crippen LogP) is 2.41. The van der Waals surface area contributed by atoms with Crippen LogP contribution in [0.2, 0.25) is 0 Å². The van der Waals surface area contributed by atoms with Gasteiger partial charge in [-0.05, 0) is 30.7 Å². The first-order valence-corrected chi connectivity index (χ1v) is 7.25. The van der Waals surface area contributed by atoms with Gasteiger partial charge < -0.3 is 15.6 Å². The van der Waals surface area contributed by atoms with E-state index in [2.05, 4.69) is 21.1 Å². The van der Waals surface area contributed by atoms with Crippen molar-refractivity contribution in [1.29, 1.82) is 0 Å². The molecule has 0 spiro atoms. The van der Waals surface area contributed by atoms with E-state index in [1.807, 2.05) is 24.0 Å². The number of nitrogens with two attached hydrogens (primary N) is 1. The van der Waals surface area contributed by atoms with Crippen molar-refractivity contribution in [3.63, 3.8) is 0 Å². The topological polar surface area (TPSA) is 55.9 Å². The third-order valence-corrected chi connectivity index (χ3v) is 4.63. The Hall–Kier alpha value is -1.33. The van der Waals surface area contributed by atoms with Crippen molar-refractivity contribution in [2.45, 2.75) is 37.9 Å². The minimum Gasteiger partial charge on any atom is -0.398 e. The molecule has 2 heterocycles. The van der Waals surface area contributed by atoms with Crippen LogP contribution in [-0.2, 0) is 6.54 Å². The van der Waals surface area contributed by atoms with Crippen molar-refractivity contribution in [2.75, 3.05) is 5.73 Å². The third kappa shape index (κ3) is 2.28. The molecule has 2 unspecified atom stereocenters. The summed E-state index contributed by atoms with van der Waals surface area (Å²) in [4.78, 5) is 5.38. The van der Waals surface area contributed by atoms with Crippen LogP contribution in [0, 0.1) is 0 Å². The normalized spacial score (nSPS) is 23.6. The Morgan fingerprint density at radius 3 is 3.17 bits per heavy atom. The van der Waals surface area contributed by atoms with Crippen LogP contribution < -0.4 is 11.1 Å². The number of thiophene rings is 1. The molecule has 1 saturated carbocycles. The number of hydrogen-bond donors (Lipinski definition) is 2. The van der Waals surface area contributed by atoms with E-state index in [4.69, 9.17) is 5.73 Å². The predicted molar refractivity (Wildman–Crippen MR) is 74.5 cm³/mol. The van der Waals surface area contributed by atoms with Crippen molar-refractivity contribution in [2.24, 2.45) is 0 Å². The van der Waals surface area contributed by atoms with Crippen LogP contribution in [0.5, 0.6) is 0 Å². The van der Waals surface area contributed by atoms with Crippen LogP contribution in [0.25, 0.3) is 0 Å². The summed E-state index contributed by atoms with van der Waals surface area (Å²) < 4.78 is 2.22. The van der Waals surface area contributed by atoms with E-state index in [9.17, 15) is 0 Å². The smallest absolute Gasteiger partial charge is 0.0949 e. The SMILES string of the molecule is Nc1ccsc1CNC1CCCC1n1ccnc1. The summed E-state index contributed by atoms with van der Waals surface area (Å²) in [6.45, 7) is 0.874. The average molecular weight is 262 g/mol. The van der Waals surface area contributed by atoms with Gasteiger partial charge in [0.15, 0.2) is 0 Å². The molecule has 1 aliphatic rings. The van der Waals surface area contributed by atoms with Gasteiger partial charge in [0.1, 0.15) is 0 Å². The van der Waals surface area contributed by atoms with Crippen LogP contribution in [0.15, 0.2) is 30.2 Å². The maximum atomic E-state index is 5.91. The summed E-state index contributed by atoms with van der Waals surface area (Å²) in [7, 11) is 0. The molecule has 4 nitrogen and oxygen atoms in total. The maximum Gasteiger partial charge on any atom is 0.0949 e. The molecule has 0 bridgehead atoms. The van der Waals surface area contributed by atoms with Crippen molar-refractivity contribution in [1.82, 2.24) is 14.9 Å². The number of nitrogens with zero attached hydrogens (tertiary/aromatic N) is 2. The zero-order chi connectivity index (χ0) is 12.4. The quantitative estimate of drug-likeness (QED) is 0.889. The Kier molecular flexibility index (Phi) is 3.34. The van der Waals surface area contributed by atoms with Gasteiger partial charge in [-0.2, -0.15) is 0 Å². The number of nitrogen functional groups attached to an aromatic ring is 1. The third-order valence-electron chi connectivity index (χ3n) is 3.69. The first-order valence-electron chi connectivity index (χ1n) is 6.37. The van der Waals surface area contributed by atoms with Crippen LogP contribution in [-0.4, -0.2) is 15.6 Å². The fourth-order valence-electron chi connectivity index (χ4n) is 2.72. The fourth-order valence-corrected chi connectivity index (χ4v) is 3.47. The zero-order valence-corrected chi connectivity index (χ0v) is 11.1. The van der Waals surface area contributed by atoms with Gasteiger partial charge in [-0.3, -0.25) is 0 Å². The molecule has 0 radical (unpaired) electrons. The molecular weight excluding hydrogens is 244 g/mol. The first-order chi connectivity index (χ1) is 8.84. The van der Waals surface area contributed by atoms with Crippen LogP contribution in [0.3, 0.4) is 0 Å². The van der Waals surface area contributed by atoms with Gasteiger partial charge >= 0.3 is 0 Å². The lowest BCUT2D eigenvalue weighted by molar-refractivity contribution is 0.392. The molecule has 3 rings (SSSR count). The minimum atomic E-state index is 0.528. The Balaban J connectivity index is 1.64. The summed E-state index contributed by atoms with van der Waals surface area (Å²) in [5.41, 5.74) is 6.82. The van der Waals surface area contributed by atoms with E-state index in [0.29, 0.717) is 12.1 Å². The van der Waals surface area contributed by atoms with Crippen molar-refractivity contribution < 1.29 is 0 Å². The standard InChI is InChI=1S/C13H18N4S/c14-10-4-7-18-13(10)8-16-11-2-1-3-12(11)17-6-5-15-9-17/h4-7,9,11-12,16H,1-3,8,14H2. The second-order valence-electron chi connectivity index (χ2n) is 4.79. The van der Waals surface area contributed by atoms with Gasteiger partial charge in [-0.15, -0.1) is 11.3 Å². The summed E-state index contributed by atoms with van der Waals surface area (Å²) in [5, 5.41) is 5.69. The number of imidazole rings is 1. The highest BCUT2D eigenvalue weighted by atomic mass is 32.1. The molecule has 0 aromatic carbocycles. The molecule has 96 valence electrons. The van der Waals surface area contributed by atoms with E-state index in [0.717, 1.165) is 12.2 Å². The molecule has 2 aromatic rings. The molecule has 2 aromatic heterocycles. The second-order valence-corrected chi connectivity index (χ2v) is 5.80. The number of hydrogen-bond acceptors (Lipinski definition) is 4. The van der Waals surface area contributed by atoms with E-state index < -0.39 is 0 Å². The summed E-state index contributed by atoms with van der Waals surface area (Å²) >= 11 is 1.72. The van der Waals surface area contributed by atoms with E-state index in [-0.39, 0.29) is 0 Å². The van der Waals surface area contributed by atoms with Gasteiger partial charge in [0.25, 0.3) is 0 Å². The van der Waals surface area contributed by atoms with Crippen molar-refractivity contribution >= 4 is 17.0 Å². The summed E-state index contributed by atoms with van der Waals surface area (Å²) in [5.74, 6) is 0. The lowest BCUT2D eigenvalue weighted by Gasteiger charge is -2.22. The van der Waals surface area contributed by atoms with Gasteiger partial charge in [-0.25, -0.2) is 4.98 Å². The van der Waals surface area contributed by atoms with Crippen LogP contribution in [0.4, 0.5) is 5.69 Å². The fraction of sp³-hybridized carbons (Fsp3) is 0.462. The molecule has 3 N–H and O–H groups in total. The van der Waals surface area contributed by atoms with Crippen molar-refractivity contribution in [3.05, 3.63) is 35.0 Å². The Morgan fingerprint density at radius 1 is 1.50 bits per heavy atom. The highest BCUT2D eigenvalue weighted by Crippen LogP contribution is 2.30. The average Bonchev–Trinajstić information content (AvgIpc) is 3.07. The first kappa shape index (κ1) is 11.7. The van der Waals surface area contributed by atoms with Crippen molar-refractivity contribution in [3.8, 4) is 0 Å². The molecular formula is C13H18N4S. The molecule has 1 aliphatic carbocycles. The van der Waals surface area contributed by atoms with E-state index in [1.165, 1.54) is 24.1 Å². The molecule has 0 saturated heterocycles. The minimum absolute atomic E-state index is 0.528. The maximum absolute atomic E-state index is 5.91. The highest BCUT2D eigenvalue weighted by molar-refractivity contribution is 7.10. The van der Waals surface area contributed by atoms with Gasteiger partial charge in [0, 0.05) is 41.6 Å². The Bertz CT molecular complexity index is 491. The van der Waals surface area contributed by atoms with Crippen LogP contribution in [0.1, 0.15) is 30.2 Å². The summed E-state index contributed by atoms with van der Waals surface area (Å²) in [6.07, 6.45) is 9.57. The molecule has 5 heteroatoms.